The Bertz CT molecular complexity index is 1200. The van der Waals surface area contributed by atoms with Gasteiger partial charge in [0.05, 0.1) is 35.0 Å². The van der Waals surface area contributed by atoms with Crippen molar-refractivity contribution in [3.63, 3.8) is 0 Å². The van der Waals surface area contributed by atoms with Crippen LogP contribution in [0.3, 0.4) is 0 Å². The molecule has 0 saturated carbocycles. The average Bonchev–Trinajstić information content (AvgIpc) is 3.18. The third-order valence-electron chi connectivity index (χ3n) is 5.33. The fraction of sp³-hybridized carbons (Fsp3) is 0.318. The van der Waals surface area contributed by atoms with E-state index in [-0.39, 0.29) is 11.2 Å². The molecule has 2 aromatic heterocycles. The van der Waals surface area contributed by atoms with Crippen molar-refractivity contribution in [2.75, 3.05) is 26.3 Å². The molecule has 7 heteroatoms. The van der Waals surface area contributed by atoms with Crippen molar-refractivity contribution >= 4 is 45.3 Å². The van der Waals surface area contributed by atoms with E-state index in [1.807, 2.05) is 47.4 Å². The number of imidazole rings is 1. The predicted molar refractivity (Wildman–Crippen MR) is 115 cm³/mol. The number of morpholine rings is 1. The van der Waals surface area contributed by atoms with Crippen molar-refractivity contribution in [2.45, 2.75) is 23.8 Å². The Kier molecular flexibility index (Phi) is 4.85. The van der Waals surface area contributed by atoms with E-state index in [2.05, 4.69) is 17.4 Å². The van der Waals surface area contributed by atoms with Crippen LogP contribution in [0.2, 0.25) is 0 Å². The lowest BCUT2D eigenvalue weighted by molar-refractivity contribution is -0.134. The van der Waals surface area contributed by atoms with Crippen LogP contribution in [-0.4, -0.2) is 56.7 Å². The summed E-state index contributed by atoms with van der Waals surface area (Å²) in [6.07, 6.45) is 0.740. The van der Waals surface area contributed by atoms with Crippen LogP contribution in [0, 0.1) is 0 Å². The molecule has 5 rings (SSSR count). The van der Waals surface area contributed by atoms with E-state index in [0.717, 1.165) is 39.2 Å². The molecule has 0 radical (unpaired) electrons. The number of carbonyl (C=O) groups is 1. The van der Waals surface area contributed by atoms with E-state index in [1.165, 1.54) is 11.8 Å². The molecule has 0 spiro atoms. The molecular weight excluding hydrogens is 384 g/mol. The molecular formula is C22H22N4O2S. The molecule has 148 valence electrons. The molecule has 0 N–H and O–H groups in total. The van der Waals surface area contributed by atoms with Crippen LogP contribution in [0.4, 0.5) is 0 Å². The van der Waals surface area contributed by atoms with Gasteiger partial charge in [0.1, 0.15) is 5.65 Å². The topological polar surface area (TPSA) is 59.7 Å². The Labute approximate surface area is 172 Å². The van der Waals surface area contributed by atoms with Crippen LogP contribution >= 0.6 is 11.8 Å². The molecule has 0 aliphatic carbocycles. The van der Waals surface area contributed by atoms with Crippen LogP contribution < -0.4 is 0 Å². The highest BCUT2D eigenvalue weighted by atomic mass is 32.2. The third kappa shape index (κ3) is 3.24. The van der Waals surface area contributed by atoms with Gasteiger partial charge in [0, 0.05) is 18.5 Å². The fourth-order valence-corrected chi connectivity index (χ4v) is 4.93. The molecule has 29 heavy (non-hydrogen) atoms. The van der Waals surface area contributed by atoms with Crippen LogP contribution in [0.15, 0.2) is 53.7 Å². The summed E-state index contributed by atoms with van der Waals surface area (Å²) < 4.78 is 7.49. The van der Waals surface area contributed by atoms with Gasteiger partial charge in [0.15, 0.2) is 5.16 Å². The number of thioether (sulfide) groups is 1. The Morgan fingerprint density at radius 3 is 2.59 bits per heavy atom. The highest BCUT2D eigenvalue weighted by molar-refractivity contribution is 8.00. The van der Waals surface area contributed by atoms with E-state index in [0.29, 0.717) is 26.3 Å². The maximum absolute atomic E-state index is 13.1. The number of rotatable bonds is 4. The second-order valence-electron chi connectivity index (χ2n) is 7.12. The maximum Gasteiger partial charge on any atom is 0.236 e. The highest BCUT2D eigenvalue weighted by Gasteiger charge is 2.27. The first-order valence-electron chi connectivity index (χ1n) is 9.95. The summed E-state index contributed by atoms with van der Waals surface area (Å²) >= 11 is 1.53. The van der Waals surface area contributed by atoms with Crippen molar-refractivity contribution in [1.82, 2.24) is 19.3 Å². The second-order valence-corrected chi connectivity index (χ2v) is 8.29. The number of hydrogen-bond donors (Lipinski definition) is 0. The second kappa shape index (κ2) is 7.65. The summed E-state index contributed by atoms with van der Waals surface area (Å²) in [5.74, 6) is 0.160. The van der Waals surface area contributed by atoms with Crippen LogP contribution in [0.25, 0.3) is 27.6 Å². The minimum absolute atomic E-state index is 0.160. The summed E-state index contributed by atoms with van der Waals surface area (Å²) in [7, 11) is 0. The Balaban J connectivity index is 1.63. The van der Waals surface area contributed by atoms with Crippen molar-refractivity contribution < 1.29 is 9.53 Å². The highest BCUT2D eigenvalue weighted by Crippen LogP contribution is 2.32. The van der Waals surface area contributed by atoms with Gasteiger partial charge in [-0.25, -0.2) is 9.97 Å². The standard InChI is InChI=1S/C22H22N4O2S/c1-2-19(21(27)25-11-13-28-14-12-25)29-22-24-16-8-4-3-7-15(16)20-23-17-9-5-6-10-18(17)26(20)22/h3-10,19H,2,11-14H2,1H3. The van der Waals surface area contributed by atoms with Gasteiger partial charge in [0.2, 0.25) is 5.91 Å². The van der Waals surface area contributed by atoms with Gasteiger partial charge in [0.25, 0.3) is 0 Å². The zero-order valence-corrected chi connectivity index (χ0v) is 17.1. The fourth-order valence-electron chi connectivity index (χ4n) is 3.82. The number of aromatic nitrogens is 3. The summed E-state index contributed by atoms with van der Waals surface area (Å²) in [6.45, 7) is 4.59. The normalized spacial score (nSPS) is 16.0. The van der Waals surface area contributed by atoms with Gasteiger partial charge in [-0.15, -0.1) is 0 Å². The minimum atomic E-state index is -0.189. The molecule has 1 aliphatic rings. The summed E-state index contributed by atoms with van der Waals surface area (Å²) in [6, 6.07) is 16.1. The van der Waals surface area contributed by atoms with Crippen molar-refractivity contribution in [3.8, 4) is 0 Å². The number of benzene rings is 2. The third-order valence-corrected chi connectivity index (χ3v) is 6.63. The van der Waals surface area contributed by atoms with E-state index >= 15 is 0 Å². The number of hydrogen-bond acceptors (Lipinski definition) is 5. The van der Waals surface area contributed by atoms with Crippen LogP contribution in [-0.2, 0) is 9.53 Å². The van der Waals surface area contributed by atoms with Crippen LogP contribution in [0.5, 0.6) is 0 Å². The minimum Gasteiger partial charge on any atom is -0.378 e. The van der Waals surface area contributed by atoms with E-state index in [4.69, 9.17) is 14.7 Å². The quantitative estimate of drug-likeness (QED) is 0.381. The number of amides is 1. The lowest BCUT2D eigenvalue weighted by Crippen LogP contribution is -2.44. The van der Waals surface area contributed by atoms with Crippen molar-refractivity contribution in [3.05, 3.63) is 48.5 Å². The molecule has 1 amide bonds. The first-order valence-corrected chi connectivity index (χ1v) is 10.8. The Morgan fingerprint density at radius 1 is 1.07 bits per heavy atom. The van der Waals surface area contributed by atoms with Crippen molar-refractivity contribution in [1.29, 1.82) is 0 Å². The zero-order valence-electron chi connectivity index (χ0n) is 16.2. The Hall–Kier alpha value is -2.64. The molecule has 6 nitrogen and oxygen atoms in total. The molecule has 0 bridgehead atoms. The first kappa shape index (κ1) is 18.4. The number of fused-ring (bicyclic) bond motifs is 5. The lowest BCUT2D eigenvalue weighted by Gasteiger charge is -2.29. The lowest BCUT2D eigenvalue weighted by atomic mass is 10.2. The van der Waals surface area contributed by atoms with E-state index in [1.54, 1.807) is 0 Å². The van der Waals surface area contributed by atoms with Crippen molar-refractivity contribution in [2.24, 2.45) is 0 Å². The van der Waals surface area contributed by atoms with Gasteiger partial charge in [-0.1, -0.05) is 43.0 Å². The summed E-state index contributed by atoms with van der Waals surface area (Å²) in [4.78, 5) is 24.8. The molecule has 4 aromatic rings. The SMILES string of the molecule is CCC(Sc1nc2ccccc2c2nc3ccccc3n12)C(=O)N1CCOCC1. The molecule has 1 fully saturated rings. The predicted octanol–water partition coefficient (Wildman–Crippen LogP) is 3.77. The molecule has 1 unspecified atom stereocenters. The molecule has 3 heterocycles. The summed E-state index contributed by atoms with van der Waals surface area (Å²) in [5.41, 5.74) is 3.72. The number of ether oxygens (including phenoxy) is 1. The Morgan fingerprint density at radius 2 is 1.79 bits per heavy atom. The molecule has 1 aliphatic heterocycles. The van der Waals surface area contributed by atoms with Crippen LogP contribution in [0.1, 0.15) is 13.3 Å². The van der Waals surface area contributed by atoms with Gasteiger partial charge >= 0.3 is 0 Å². The van der Waals surface area contributed by atoms with Gasteiger partial charge in [-0.2, -0.15) is 0 Å². The number of para-hydroxylation sites is 3. The van der Waals surface area contributed by atoms with Gasteiger partial charge in [-0.3, -0.25) is 9.20 Å². The molecule has 2 aromatic carbocycles. The maximum atomic E-state index is 13.1. The zero-order chi connectivity index (χ0) is 19.8. The molecule has 1 saturated heterocycles. The first-order chi connectivity index (χ1) is 14.3. The van der Waals surface area contributed by atoms with Gasteiger partial charge in [-0.05, 0) is 30.7 Å². The number of nitrogens with zero attached hydrogens (tertiary/aromatic N) is 4. The monoisotopic (exact) mass is 406 g/mol. The van der Waals surface area contributed by atoms with Gasteiger partial charge < -0.3 is 9.64 Å². The molecule has 1 atom stereocenters. The smallest absolute Gasteiger partial charge is 0.236 e. The van der Waals surface area contributed by atoms with E-state index in [9.17, 15) is 4.79 Å². The largest absolute Gasteiger partial charge is 0.378 e. The number of carbonyl (C=O) groups excluding carboxylic acids is 1. The average molecular weight is 407 g/mol. The summed E-state index contributed by atoms with van der Waals surface area (Å²) in [5, 5.41) is 1.63. The van der Waals surface area contributed by atoms with E-state index < -0.39 is 0 Å².